The summed E-state index contributed by atoms with van der Waals surface area (Å²) >= 11 is 1.39. The predicted molar refractivity (Wildman–Crippen MR) is 101 cm³/mol. The molecule has 5 nitrogen and oxygen atoms in total. The van der Waals surface area contributed by atoms with Crippen molar-refractivity contribution in [3.05, 3.63) is 71.2 Å². The maximum absolute atomic E-state index is 12.1. The number of amides is 1. The number of aromatic amines is 1. The number of pyridine rings is 1. The fourth-order valence-electron chi connectivity index (χ4n) is 2.42. The zero-order chi connectivity index (χ0) is 17.6. The van der Waals surface area contributed by atoms with Crippen molar-refractivity contribution in [3.8, 4) is 0 Å². The van der Waals surface area contributed by atoms with E-state index in [0.29, 0.717) is 5.82 Å². The summed E-state index contributed by atoms with van der Waals surface area (Å²) in [6, 6.07) is 14.0. The van der Waals surface area contributed by atoms with Gasteiger partial charge in [0.05, 0.1) is 11.4 Å². The van der Waals surface area contributed by atoms with Gasteiger partial charge in [-0.05, 0) is 31.0 Å². The average molecular weight is 352 g/mol. The quantitative estimate of drug-likeness (QED) is 0.663. The van der Waals surface area contributed by atoms with Crippen LogP contribution in [0, 0.1) is 13.8 Å². The SMILES string of the molecule is Cc1cccnc1NC(=O)CSc1nc(Cc2ccccc2)c(C)[nH]1. The van der Waals surface area contributed by atoms with Crippen molar-refractivity contribution in [2.75, 3.05) is 11.1 Å². The van der Waals surface area contributed by atoms with E-state index >= 15 is 0 Å². The van der Waals surface area contributed by atoms with Crippen LogP contribution in [-0.2, 0) is 11.2 Å². The Hall–Kier alpha value is -2.60. The molecule has 0 fully saturated rings. The van der Waals surface area contributed by atoms with E-state index in [1.165, 1.54) is 17.3 Å². The first-order valence-corrected chi connectivity index (χ1v) is 9.04. The molecule has 0 spiro atoms. The second-order valence-electron chi connectivity index (χ2n) is 5.78. The molecule has 0 atom stereocenters. The molecule has 0 unspecified atom stereocenters. The molecular formula is C19H20N4OS. The number of nitrogens with zero attached hydrogens (tertiary/aromatic N) is 2. The number of benzene rings is 1. The lowest BCUT2D eigenvalue weighted by atomic mass is 10.1. The number of thioether (sulfide) groups is 1. The summed E-state index contributed by atoms with van der Waals surface area (Å²) in [6.07, 6.45) is 2.45. The zero-order valence-electron chi connectivity index (χ0n) is 14.2. The Morgan fingerprint density at radius 2 is 1.96 bits per heavy atom. The average Bonchev–Trinajstić information content (AvgIpc) is 2.96. The zero-order valence-corrected chi connectivity index (χ0v) is 15.1. The highest BCUT2D eigenvalue weighted by molar-refractivity contribution is 7.99. The van der Waals surface area contributed by atoms with Gasteiger partial charge in [-0.2, -0.15) is 0 Å². The summed E-state index contributed by atoms with van der Waals surface area (Å²) in [5, 5.41) is 3.59. The number of nitrogens with one attached hydrogen (secondary N) is 2. The van der Waals surface area contributed by atoms with E-state index in [0.717, 1.165) is 28.5 Å². The molecule has 0 aliphatic rings. The second-order valence-corrected chi connectivity index (χ2v) is 6.75. The lowest BCUT2D eigenvalue weighted by Gasteiger charge is -2.05. The number of anilines is 1. The van der Waals surface area contributed by atoms with Crippen LogP contribution in [0.2, 0.25) is 0 Å². The highest BCUT2D eigenvalue weighted by Gasteiger charge is 2.11. The number of carbonyl (C=O) groups is 1. The Balaban J connectivity index is 1.57. The van der Waals surface area contributed by atoms with Crippen LogP contribution in [-0.4, -0.2) is 26.6 Å². The summed E-state index contributed by atoms with van der Waals surface area (Å²) < 4.78 is 0. The molecule has 25 heavy (non-hydrogen) atoms. The van der Waals surface area contributed by atoms with Crippen LogP contribution in [0.15, 0.2) is 53.8 Å². The molecule has 0 bridgehead atoms. The van der Waals surface area contributed by atoms with Crippen LogP contribution in [0.25, 0.3) is 0 Å². The first kappa shape index (κ1) is 17.2. The number of imidazole rings is 1. The lowest BCUT2D eigenvalue weighted by molar-refractivity contribution is -0.113. The third kappa shape index (κ3) is 4.70. The Bertz CT molecular complexity index is 861. The van der Waals surface area contributed by atoms with Gasteiger partial charge in [0.15, 0.2) is 5.16 Å². The third-order valence-corrected chi connectivity index (χ3v) is 4.66. The molecule has 0 aliphatic heterocycles. The first-order chi connectivity index (χ1) is 12.1. The molecule has 2 aromatic heterocycles. The van der Waals surface area contributed by atoms with E-state index in [-0.39, 0.29) is 11.7 Å². The lowest BCUT2D eigenvalue weighted by Crippen LogP contribution is -2.15. The third-order valence-electron chi connectivity index (χ3n) is 3.79. The molecule has 3 rings (SSSR count). The summed E-state index contributed by atoms with van der Waals surface area (Å²) in [4.78, 5) is 24.1. The van der Waals surface area contributed by atoms with Crippen LogP contribution in [0.1, 0.15) is 22.5 Å². The van der Waals surface area contributed by atoms with Gasteiger partial charge >= 0.3 is 0 Å². The van der Waals surface area contributed by atoms with E-state index in [9.17, 15) is 4.79 Å². The van der Waals surface area contributed by atoms with Crippen molar-refractivity contribution in [3.63, 3.8) is 0 Å². The minimum absolute atomic E-state index is 0.0922. The van der Waals surface area contributed by atoms with Crippen LogP contribution < -0.4 is 5.32 Å². The Morgan fingerprint density at radius 3 is 2.72 bits per heavy atom. The number of hydrogen-bond donors (Lipinski definition) is 2. The van der Waals surface area contributed by atoms with Crippen molar-refractivity contribution < 1.29 is 4.79 Å². The molecule has 6 heteroatoms. The fourth-order valence-corrected chi connectivity index (χ4v) is 3.16. The van der Waals surface area contributed by atoms with Gasteiger partial charge in [-0.1, -0.05) is 48.2 Å². The molecule has 2 heterocycles. The highest BCUT2D eigenvalue weighted by atomic mass is 32.2. The molecule has 128 valence electrons. The molecule has 2 N–H and O–H groups in total. The second kappa shape index (κ2) is 7.98. The smallest absolute Gasteiger partial charge is 0.236 e. The predicted octanol–water partition coefficient (Wildman–Crippen LogP) is 3.74. The van der Waals surface area contributed by atoms with Gasteiger partial charge < -0.3 is 10.3 Å². The van der Waals surface area contributed by atoms with E-state index in [1.807, 2.05) is 44.2 Å². The maximum atomic E-state index is 12.1. The number of aryl methyl sites for hydroxylation is 2. The Labute approximate surface area is 151 Å². The van der Waals surface area contributed by atoms with Gasteiger partial charge in [0, 0.05) is 18.3 Å². The highest BCUT2D eigenvalue weighted by Crippen LogP contribution is 2.19. The van der Waals surface area contributed by atoms with Gasteiger partial charge in [0.25, 0.3) is 0 Å². The number of H-pyrrole nitrogens is 1. The van der Waals surface area contributed by atoms with Gasteiger partial charge in [0.2, 0.25) is 5.91 Å². The molecular weight excluding hydrogens is 332 g/mol. The Morgan fingerprint density at radius 1 is 1.16 bits per heavy atom. The monoisotopic (exact) mass is 352 g/mol. The van der Waals surface area contributed by atoms with Crippen LogP contribution in [0.5, 0.6) is 0 Å². The minimum atomic E-state index is -0.0922. The fraction of sp³-hybridized carbons (Fsp3) is 0.211. The summed E-state index contributed by atoms with van der Waals surface area (Å²) in [5.74, 6) is 0.798. The van der Waals surface area contributed by atoms with E-state index in [2.05, 4.69) is 32.4 Å². The number of aromatic nitrogens is 3. The minimum Gasteiger partial charge on any atom is -0.337 e. The molecule has 1 aromatic carbocycles. The van der Waals surface area contributed by atoms with Gasteiger partial charge in [-0.15, -0.1) is 0 Å². The molecule has 1 amide bonds. The number of hydrogen-bond acceptors (Lipinski definition) is 4. The molecule has 3 aromatic rings. The van der Waals surface area contributed by atoms with Crippen LogP contribution >= 0.6 is 11.8 Å². The van der Waals surface area contributed by atoms with Crippen molar-refractivity contribution in [1.82, 2.24) is 15.0 Å². The van der Waals surface area contributed by atoms with Crippen molar-refractivity contribution in [1.29, 1.82) is 0 Å². The Kier molecular flexibility index (Phi) is 5.50. The van der Waals surface area contributed by atoms with Crippen molar-refractivity contribution in [2.24, 2.45) is 0 Å². The summed E-state index contributed by atoms with van der Waals surface area (Å²) in [5.41, 5.74) is 4.21. The van der Waals surface area contributed by atoms with Crippen molar-refractivity contribution in [2.45, 2.75) is 25.4 Å². The molecule has 0 aliphatic carbocycles. The topological polar surface area (TPSA) is 70.7 Å². The summed E-state index contributed by atoms with van der Waals surface area (Å²) in [7, 11) is 0. The van der Waals surface area contributed by atoms with Gasteiger partial charge in [0.1, 0.15) is 5.82 Å². The molecule has 0 saturated carbocycles. The van der Waals surface area contributed by atoms with E-state index in [1.54, 1.807) is 6.20 Å². The first-order valence-electron chi connectivity index (χ1n) is 8.05. The van der Waals surface area contributed by atoms with E-state index in [4.69, 9.17) is 0 Å². The van der Waals surface area contributed by atoms with Gasteiger partial charge in [-0.3, -0.25) is 4.79 Å². The van der Waals surface area contributed by atoms with Crippen LogP contribution in [0.4, 0.5) is 5.82 Å². The van der Waals surface area contributed by atoms with Gasteiger partial charge in [-0.25, -0.2) is 9.97 Å². The largest absolute Gasteiger partial charge is 0.337 e. The van der Waals surface area contributed by atoms with Crippen molar-refractivity contribution >= 4 is 23.5 Å². The van der Waals surface area contributed by atoms with E-state index < -0.39 is 0 Å². The normalized spacial score (nSPS) is 10.6. The standard InChI is InChI=1S/C19H20N4OS/c1-13-7-6-10-20-18(13)23-17(24)12-25-19-21-14(2)16(22-19)11-15-8-4-3-5-9-15/h3-10H,11-12H2,1-2H3,(H,21,22)(H,20,23,24). The number of rotatable bonds is 6. The number of carbonyl (C=O) groups excluding carboxylic acids is 1. The summed E-state index contributed by atoms with van der Waals surface area (Å²) in [6.45, 7) is 3.92. The molecule has 0 saturated heterocycles. The van der Waals surface area contributed by atoms with Crippen LogP contribution in [0.3, 0.4) is 0 Å². The molecule has 0 radical (unpaired) electrons. The maximum Gasteiger partial charge on any atom is 0.236 e.